The minimum absolute atomic E-state index is 0.0566. The number of Topliss-reactive ketones (excluding diaryl/α,β-unsaturated/α-hetero) is 1. The smallest absolute Gasteiger partial charge is 0.255 e. The summed E-state index contributed by atoms with van der Waals surface area (Å²) in [6, 6.07) is 15.0. The molecule has 0 saturated carbocycles. The summed E-state index contributed by atoms with van der Waals surface area (Å²) in [4.78, 5) is 30.7. The van der Waals surface area contributed by atoms with Crippen LogP contribution >= 0.6 is 11.3 Å². The van der Waals surface area contributed by atoms with E-state index in [1.165, 1.54) is 11.3 Å². The highest BCUT2D eigenvalue weighted by Gasteiger charge is 2.10. The number of aryl methyl sites for hydroxylation is 3. The Morgan fingerprint density at radius 1 is 0.966 bits per heavy atom. The van der Waals surface area contributed by atoms with Crippen LogP contribution in [-0.2, 0) is 6.42 Å². The van der Waals surface area contributed by atoms with E-state index >= 15 is 0 Å². The number of carbonyl (C=O) groups excluding carboxylic acids is 1. The van der Waals surface area contributed by atoms with Crippen LogP contribution < -0.4 is 5.56 Å². The molecule has 29 heavy (non-hydrogen) atoms. The molecule has 4 aromatic rings. The lowest BCUT2D eigenvalue weighted by Gasteiger charge is -2.08. The molecule has 0 saturated heterocycles. The third kappa shape index (κ3) is 4.27. The third-order valence-corrected chi connectivity index (χ3v) is 5.79. The SMILES string of the molecule is Cc1ccc(=O)n(-c2ccc(-n3cnc(CCC(=O)c4ccc(C)s4)c3)cc2)c1. The first-order valence-corrected chi connectivity index (χ1v) is 10.2. The molecule has 0 aliphatic carbocycles. The Balaban J connectivity index is 1.46. The first kappa shape index (κ1) is 19.1. The summed E-state index contributed by atoms with van der Waals surface area (Å²) in [6.45, 7) is 3.96. The molecule has 1 aromatic carbocycles. The molecule has 0 radical (unpaired) electrons. The molecular formula is C23H21N3O2S. The van der Waals surface area contributed by atoms with Gasteiger partial charge in [-0.2, -0.15) is 0 Å². The van der Waals surface area contributed by atoms with Gasteiger partial charge in [-0.25, -0.2) is 4.98 Å². The maximum absolute atomic E-state index is 12.3. The molecule has 3 heterocycles. The molecule has 0 unspecified atom stereocenters. The molecule has 5 nitrogen and oxygen atoms in total. The summed E-state index contributed by atoms with van der Waals surface area (Å²) < 4.78 is 3.56. The summed E-state index contributed by atoms with van der Waals surface area (Å²) in [6.07, 6.45) is 6.59. The fourth-order valence-corrected chi connectivity index (χ4v) is 4.00. The van der Waals surface area contributed by atoms with Crippen molar-refractivity contribution in [1.29, 1.82) is 0 Å². The van der Waals surface area contributed by atoms with E-state index in [0.29, 0.717) is 12.8 Å². The molecule has 0 atom stereocenters. The van der Waals surface area contributed by atoms with Crippen LogP contribution in [0.4, 0.5) is 0 Å². The van der Waals surface area contributed by atoms with Crippen LogP contribution in [0.15, 0.2) is 72.0 Å². The lowest BCUT2D eigenvalue weighted by atomic mass is 10.1. The Morgan fingerprint density at radius 3 is 2.45 bits per heavy atom. The van der Waals surface area contributed by atoms with Crippen molar-refractivity contribution in [2.75, 3.05) is 0 Å². The number of carbonyl (C=O) groups is 1. The normalized spacial score (nSPS) is 11.0. The van der Waals surface area contributed by atoms with Crippen molar-refractivity contribution in [1.82, 2.24) is 14.1 Å². The van der Waals surface area contributed by atoms with Gasteiger partial charge in [-0.1, -0.05) is 6.07 Å². The molecule has 0 amide bonds. The Hall–Kier alpha value is -3.25. The summed E-state index contributed by atoms with van der Waals surface area (Å²) >= 11 is 1.53. The van der Waals surface area contributed by atoms with Gasteiger partial charge in [0.15, 0.2) is 5.78 Å². The van der Waals surface area contributed by atoms with Crippen molar-refractivity contribution in [3.63, 3.8) is 0 Å². The highest BCUT2D eigenvalue weighted by molar-refractivity contribution is 7.14. The summed E-state index contributed by atoms with van der Waals surface area (Å²) in [5, 5.41) is 0. The summed E-state index contributed by atoms with van der Waals surface area (Å²) in [5.41, 5.74) is 3.62. The molecule has 3 aromatic heterocycles. The molecule has 0 aliphatic rings. The molecule has 0 spiro atoms. The zero-order valence-electron chi connectivity index (χ0n) is 16.3. The van der Waals surface area contributed by atoms with Gasteiger partial charge in [0.2, 0.25) is 0 Å². The Bertz CT molecular complexity index is 1220. The second-order valence-corrected chi connectivity index (χ2v) is 8.32. The zero-order valence-corrected chi connectivity index (χ0v) is 17.1. The lowest BCUT2D eigenvalue weighted by molar-refractivity contribution is 0.0986. The van der Waals surface area contributed by atoms with Crippen LogP contribution in [0.5, 0.6) is 0 Å². The third-order valence-electron chi connectivity index (χ3n) is 4.74. The molecule has 146 valence electrons. The molecule has 0 bridgehead atoms. The molecule has 0 aliphatic heterocycles. The first-order valence-electron chi connectivity index (χ1n) is 9.42. The van der Waals surface area contributed by atoms with Crippen LogP contribution in [0.1, 0.15) is 32.2 Å². The second-order valence-electron chi connectivity index (χ2n) is 7.04. The van der Waals surface area contributed by atoms with Crippen molar-refractivity contribution in [3.8, 4) is 11.4 Å². The number of benzene rings is 1. The number of pyridine rings is 1. The Kier molecular flexibility index (Phi) is 5.27. The van der Waals surface area contributed by atoms with Crippen molar-refractivity contribution < 1.29 is 4.79 Å². The van der Waals surface area contributed by atoms with E-state index in [1.54, 1.807) is 17.0 Å². The quantitative estimate of drug-likeness (QED) is 0.445. The van der Waals surface area contributed by atoms with Crippen LogP contribution in [0.3, 0.4) is 0 Å². The average molecular weight is 404 g/mol. The lowest BCUT2D eigenvalue weighted by Crippen LogP contribution is -2.16. The minimum atomic E-state index is -0.0566. The number of thiophene rings is 1. The molecule has 6 heteroatoms. The maximum atomic E-state index is 12.3. The average Bonchev–Trinajstić information content (AvgIpc) is 3.37. The van der Waals surface area contributed by atoms with Crippen LogP contribution in [0.25, 0.3) is 11.4 Å². The predicted molar refractivity (Wildman–Crippen MR) is 116 cm³/mol. The molecule has 0 N–H and O–H groups in total. The second kappa shape index (κ2) is 8.01. The number of ketones is 1. The first-order chi connectivity index (χ1) is 14.0. The fraction of sp³-hybridized carbons (Fsp3) is 0.174. The van der Waals surface area contributed by atoms with E-state index in [1.807, 2.05) is 73.3 Å². The standard InChI is InChI=1S/C23H21N3O2S/c1-16-3-12-23(28)26(13-16)20-8-6-19(7-9-20)25-14-18(24-15-25)5-10-21(27)22-11-4-17(2)29-22/h3-4,6-9,11-15H,5,10H2,1-2H3. The van der Waals surface area contributed by atoms with E-state index < -0.39 is 0 Å². The minimum Gasteiger partial charge on any atom is -0.306 e. The molecular weight excluding hydrogens is 382 g/mol. The van der Waals surface area contributed by atoms with Gasteiger partial charge in [0.1, 0.15) is 0 Å². The van der Waals surface area contributed by atoms with Crippen molar-refractivity contribution >= 4 is 17.1 Å². The van der Waals surface area contributed by atoms with E-state index in [9.17, 15) is 9.59 Å². The van der Waals surface area contributed by atoms with Crippen molar-refractivity contribution in [3.05, 3.63) is 98.6 Å². The summed E-state index contributed by atoms with van der Waals surface area (Å²) in [5.74, 6) is 0.158. The van der Waals surface area contributed by atoms with Gasteiger partial charge in [-0.3, -0.25) is 14.2 Å². The number of hydrogen-bond acceptors (Lipinski definition) is 4. The van der Waals surface area contributed by atoms with Gasteiger partial charge in [0.05, 0.1) is 16.9 Å². The van der Waals surface area contributed by atoms with E-state index in [0.717, 1.165) is 32.4 Å². The highest BCUT2D eigenvalue weighted by atomic mass is 32.1. The maximum Gasteiger partial charge on any atom is 0.255 e. The molecule has 0 fully saturated rings. The van der Waals surface area contributed by atoms with E-state index in [4.69, 9.17) is 0 Å². The zero-order chi connectivity index (χ0) is 20.4. The van der Waals surface area contributed by atoms with Gasteiger partial charge >= 0.3 is 0 Å². The number of rotatable bonds is 6. The predicted octanol–water partition coefficient (Wildman–Crippen LogP) is 4.52. The van der Waals surface area contributed by atoms with Gasteiger partial charge < -0.3 is 4.57 Å². The topological polar surface area (TPSA) is 56.9 Å². The largest absolute Gasteiger partial charge is 0.306 e. The molecule has 4 rings (SSSR count). The van der Waals surface area contributed by atoms with Gasteiger partial charge in [-0.15, -0.1) is 11.3 Å². The van der Waals surface area contributed by atoms with Crippen LogP contribution in [0, 0.1) is 13.8 Å². The van der Waals surface area contributed by atoms with E-state index in [-0.39, 0.29) is 11.3 Å². The Labute approximate surface area is 172 Å². The highest BCUT2D eigenvalue weighted by Crippen LogP contribution is 2.18. The summed E-state index contributed by atoms with van der Waals surface area (Å²) in [7, 11) is 0. The monoisotopic (exact) mass is 403 g/mol. The van der Waals surface area contributed by atoms with Gasteiger partial charge in [0.25, 0.3) is 5.56 Å². The van der Waals surface area contributed by atoms with Gasteiger partial charge in [0, 0.05) is 41.1 Å². The van der Waals surface area contributed by atoms with Crippen LogP contribution in [-0.4, -0.2) is 19.9 Å². The van der Waals surface area contributed by atoms with E-state index in [2.05, 4.69) is 4.98 Å². The van der Waals surface area contributed by atoms with Crippen LogP contribution in [0.2, 0.25) is 0 Å². The Morgan fingerprint density at radius 2 is 1.72 bits per heavy atom. The van der Waals surface area contributed by atoms with Crippen molar-refractivity contribution in [2.24, 2.45) is 0 Å². The number of imidazole rings is 1. The number of nitrogens with zero attached hydrogens (tertiary/aromatic N) is 3. The van der Waals surface area contributed by atoms with Gasteiger partial charge in [-0.05, 0) is 62.2 Å². The number of aromatic nitrogens is 3. The number of hydrogen-bond donors (Lipinski definition) is 0. The fourth-order valence-electron chi connectivity index (χ4n) is 3.16. The van der Waals surface area contributed by atoms with Crippen molar-refractivity contribution in [2.45, 2.75) is 26.7 Å².